The second-order valence-electron chi connectivity index (χ2n) is 11.1. The number of likely N-dealkylation sites (tertiary alicyclic amines) is 1. The van der Waals surface area contributed by atoms with E-state index in [4.69, 9.17) is 11.6 Å². The Bertz CT molecular complexity index is 1450. The number of aromatic nitrogens is 1. The zero-order valence-corrected chi connectivity index (χ0v) is 24.1. The minimum Gasteiger partial charge on any atom is -0.507 e. The Morgan fingerprint density at radius 2 is 1.75 bits per heavy atom. The van der Waals surface area contributed by atoms with Crippen LogP contribution in [0, 0.1) is 5.82 Å². The number of phenols is 1. The molecule has 1 atom stereocenters. The van der Waals surface area contributed by atoms with Crippen molar-refractivity contribution in [2.45, 2.75) is 38.3 Å². The summed E-state index contributed by atoms with van der Waals surface area (Å²) in [5.74, 6) is 0.291. The van der Waals surface area contributed by atoms with Gasteiger partial charge in [-0.25, -0.2) is 9.37 Å². The number of pyridine rings is 1. The minimum absolute atomic E-state index is 0.0509. The van der Waals surface area contributed by atoms with E-state index in [1.165, 1.54) is 23.5 Å². The van der Waals surface area contributed by atoms with E-state index < -0.39 is 5.82 Å². The van der Waals surface area contributed by atoms with Gasteiger partial charge in [0.2, 0.25) is 6.41 Å². The number of hydrogen-bond donors (Lipinski definition) is 1. The van der Waals surface area contributed by atoms with Gasteiger partial charge in [-0.15, -0.1) is 0 Å². The molecule has 3 heterocycles. The fourth-order valence-electron chi connectivity index (χ4n) is 5.91. The highest BCUT2D eigenvalue weighted by Crippen LogP contribution is 2.44. The summed E-state index contributed by atoms with van der Waals surface area (Å²) in [4.78, 5) is 24.3. The number of aromatic hydroxyl groups is 1. The predicted octanol–water partition coefficient (Wildman–Crippen LogP) is 5.97. The maximum absolute atomic E-state index is 14.9. The average Bonchev–Trinajstić information content (AvgIpc) is 3.38. The lowest BCUT2D eigenvalue weighted by Crippen LogP contribution is -2.63. The molecule has 1 aromatic heterocycles. The van der Waals surface area contributed by atoms with E-state index in [0.717, 1.165) is 31.9 Å². The number of nitrogens with zero attached hydrogens (tertiary/aromatic N) is 5. The molecule has 0 bridgehead atoms. The van der Waals surface area contributed by atoms with Crippen LogP contribution < -0.4 is 9.80 Å². The first kappa shape index (κ1) is 27.9. The van der Waals surface area contributed by atoms with Crippen LogP contribution in [0.25, 0.3) is 22.3 Å². The molecule has 2 aliphatic heterocycles. The third-order valence-electron chi connectivity index (χ3n) is 8.01. The topological polar surface area (TPSA) is 63.2 Å². The van der Waals surface area contributed by atoms with Crippen LogP contribution >= 0.6 is 11.6 Å². The molecule has 40 heavy (non-hydrogen) atoms. The highest BCUT2D eigenvalue weighted by atomic mass is 35.5. The molecule has 0 radical (unpaired) electrons. The second-order valence-corrected chi connectivity index (χ2v) is 11.5. The maximum Gasteiger partial charge on any atom is 0.218 e. The average molecular weight is 564 g/mol. The molecule has 5 rings (SSSR count). The van der Waals surface area contributed by atoms with Crippen LogP contribution in [0.2, 0.25) is 5.02 Å². The van der Waals surface area contributed by atoms with Crippen molar-refractivity contribution in [2.75, 3.05) is 43.5 Å². The summed E-state index contributed by atoms with van der Waals surface area (Å²) >= 11 is 6.54. The fraction of sp³-hybridized carbons (Fsp3) is 0.355. The van der Waals surface area contributed by atoms with Crippen molar-refractivity contribution in [2.24, 2.45) is 0 Å². The number of anilines is 2. The molecular formula is C31H35ClFN5O2. The van der Waals surface area contributed by atoms with Gasteiger partial charge < -0.3 is 14.9 Å². The number of phenolic OH excluding ortho intramolecular Hbond substituents is 1. The van der Waals surface area contributed by atoms with Crippen LogP contribution in [0.15, 0.2) is 61.1 Å². The Kier molecular flexibility index (Phi) is 7.75. The SMILES string of the molecule is CC(C)N1CCC12CCN(c1cc(-c3cc(F)cc(-c4ccc(N(C=O)/C=C\N(C)C)c(Cl)c4)c3O)ccn1)C2. The third-order valence-corrected chi connectivity index (χ3v) is 8.32. The monoisotopic (exact) mass is 563 g/mol. The summed E-state index contributed by atoms with van der Waals surface area (Å²) in [5.41, 5.74) is 2.58. The van der Waals surface area contributed by atoms with E-state index in [2.05, 4.69) is 28.6 Å². The number of carbonyl (C=O) groups excluding carboxylic acids is 1. The molecule has 1 N–H and O–H groups in total. The van der Waals surface area contributed by atoms with E-state index in [1.54, 1.807) is 47.8 Å². The Balaban J connectivity index is 1.45. The first-order valence-corrected chi connectivity index (χ1v) is 13.9. The molecule has 210 valence electrons. The number of benzene rings is 2. The van der Waals surface area contributed by atoms with Gasteiger partial charge in [0, 0.05) is 75.0 Å². The standard InChI is InChI=1S/C31H35ClFN5O2/c1-21(2)38-12-9-31(38)8-11-36(19-31)29-16-23(7-10-34-29)26-18-24(33)17-25(30(26)40)22-5-6-28(27(32)15-22)37(20-39)14-13-35(3)4/h5-7,10,13-18,20-21,40H,8-9,11-12,19H2,1-4H3/b14-13-. The summed E-state index contributed by atoms with van der Waals surface area (Å²) in [6.07, 6.45) is 7.97. The van der Waals surface area contributed by atoms with Gasteiger partial charge in [-0.3, -0.25) is 14.6 Å². The molecule has 9 heteroatoms. The molecule has 3 aromatic rings. The lowest BCUT2D eigenvalue weighted by atomic mass is 9.82. The Labute approximate surface area is 240 Å². The van der Waals surface area contributed by atoms with Gasteiger partial charge in [0.15, 0.2) is 0 Å². The van der Waals surface area contributed by atoms with Crippen LogP contribution in [0.3, 0.4) is 0 Å². The van der Waals surface area contributed by atoms with Gasteiger partial charge in [-0.05, 0) is 74.2 Å². The van der Waals surface area contributed by atoms with E-state index in [9.17, 15) is 14.3 Å². The van der Waals surface area contributed by atoms with E-state index in [1.807, 2.05) is 20.2 Å². The first-order chi connectivity index (χ1) is 19.1. The molecule has 1 spiro atoms. The van der Waals surface area contributed by atoms with Gasteiger partial charge >= 0.3 is 0 Å². The molecule has 2 aliphatic rings. The van der Waals surface area contributed by atoms with Crippen molar-refractivity contribution >= 4 is 29.5 Å². The normalized spacial score (nSPS) is 19.0. The summed E-state index contributed by atoms with van der Waals surface area (Å²) in [5, 5.41) is 11.6. The maximum atomic E-state index is 14.9. The van der Waals surface area contributed by atoms with Crippen LogP contribution in [0.4, 0.5) is 15.9 Å². The van der Waals surface area contributed by atoms with Crippen molar-refractivity contribution in [3.05, 3.63) is 71.9 Å². The van der Waals surface area contributed by atoms with E-state index >= 15 is 0 Å². The lowest BCUT2D eigenvalue weighted by Gasteiger charge is -2.53. The number of hydrogen-bond acceptors (Lipinski definition) is 6. The molecule has 0 saturated carbocycles. The number of amides is 1. The lowest BCUT2D eigenvalue weighted by molar-refractivity contribution is -0.107. The smallest absolute Gasteiger partial charge is 0.218 e. The molecule has 1 unspecified atom stereocenters. The zero-order valence-electron chi connectivity index (χ0n) is 23.3. The van der Waals surface area contributed by atoms with Gasteiger partial charge in [-0.1, -0.05) is 17.7 Å². The Morgan fingerprint density at radius 3 is 2.35 bits per heavy atom. The Hall–Kier alpha value is -3.62. The first-order valence-electron chi connectivity index (χ1n) is 13.5. The van der Waals surface area contributed by atoms with Crippen LogP contribution in [-0.2, 0) is 4.79 Å². The number of carbonyl (C=O) groups is 1. The molecule has 7 nitrogen and oxygen atoms in total. The van der Waals surface area contributed by atoms with Crippen molar-refractivity contribution in [3.8, 4) is 28.0 Å². The third kappa shape index (κ3) is 5.25. The summed E-state index contributed by atoms with van der Waals surface area (Å²) in [6.45, 7) is 7.44. The van der Waals surface area contributed by atoms with E-state index in [-0.39, 0.29) is 11.3 Å². The quantitative estimate of drug-likeness (QED) is 0.341. The van der Waals surface area contributed by atoms with Crippen molar-refractivity contribution in [3.63, 3.8) is 0 Å². The number of halogens is 2. The summed E-state index contributed by atoms with van der Waals surface area (Å²) < 4.78 is 14.9. The summed E-state index contributed by atoms with van der Waals surface area (Å²) in [7, 11) is 3.69. The van der Waals surface area contributed by atoms with Gasteiger partial charge in [0.25, 0.3) is 0 Å². The van der Waals surface area contributed by atoms with Gasteiger partial charge in [0.1, 0.15) is 17.4 Å². The molecule has 2 aromatic carbocycles. The van der Waals surface area contributed by atoms with Crippen molar-refractivity contribution in [1.29, 1.82) is 0 Å². The van der Waals surface area contributed by atoms with Crippen LogP contribution in [0.5, 0.6) is 5.75 Å². The minimum atomic E-state index is -0.480. The van der Waals surface area contributed by atoms with E-state index in [0.29, 0.717) is 45.4 Å². The van der Waals surface area contributed by atoms with Gasteiger partial charge in [0.05, 0.1) is 10.7 Å². The largest absolute Gasteiger partial charge is 0.507 e. The highest BCUT2D eigenvalue weighted by molar-refractivity contribution is 6.34. The highest BCUT2D eigenvalue weighted by Gasteiger charge is 2.50. The van der Waals surface area contributed by atoms with Crippen LogP contribution in [-0.4, -0.2) is 71.6 Å². The summed E-state index contributed by atoms with van der Waals surface area (Å²) in [6, 6.07) is 11.8. The fourth-order valence-corrected chi connectivity index (χ4v) is 6.19. The van der Waals surface area contributed by atoms with Crippen molar-refractivity contribution in [1.82, 2.24) is 14.8 Å². The molecule has 0 aliphatic carbocycles. The van der Waals surface area contributed by atoms with Crippen molar-refractivity contribution < 1.29 is 14.3 Å². The predicted molar refractivity (Wildman–Crippen MR) is 159 cm³/mol. The van der Waals surface area contributed by atoms with Gasteiger partial charge in [-0.2, -0.15) is 0 Å². The second kappa shape index (κ2) is 11.1. The van der Waals surface area contributed by atoms with Crippen LogP contribution in [0.1, 0.15) is 26.7 Å². The molecular weight excluding hydrogens is 529 g/mol. The Morgan fingerprint density at radius 1 is 1.05 bits per heavy atom. The molecule has 1 amide bonds. The number of rotatable bonds is 8. The molecule has 2 fully saturated rings. The molecule has 2 saturated heterocycles. The zero-order chi connectivity index (χ0) is 28.6.